The second-order valence-electron chi connectivity index (χ2n) is 7.94. The average molecular weight is 468 g/mol. The van der Waals surface area contributed by atoms with Gasteiger partial charge in [-0.05, 0) is 60.7 Å². The molecule has 2 aromatic carbocycles. The molecule has 0 bridgehead atoms. The predicted octanol–water partition coefficient (Wildman–Crippen LogP) is 4.47. The fourth-order valence-corrected chi connectivity index (χ4v) is 3.82. The number of morpholine rings is 1. The lowest BCUT2D eigenvalue weighted by molar-refractivity contribution is -0.111. The van der Waals surface area contributed by atoms with Gasteiger partial charge in [-0.3, -0.25) is 4.79 Å². The zero-order valence-corrected chi connectivity index (χ0v) is 19.1. The second-order valence-corrected chi connectivity index (χ2v) is 7.94. The minimum absolute atomic E-state index is 0.273. The number of rotatable bonds is 7. The molecule has 1 aliphatic rings. The average Bonchev–Trinajstić information content (AvgIpc) is 2.90. The lowest BCUT2D eigenvalue weighted by Gasteiger charge is -2.28. The molecule has 2 aromatic heterocycles. The van der Waals surface area contributed by atoms with Crippen LogP contribution in [-0.4, -0.2) is 47.2 Å². The standard InChI is InChI=1S/C26H25N7O2/c1-2-23(34)28-19-5-3-6-20(17-19)29-25-22-7-4-12-27-24(22)31-26(32-25)30-18-8-10-21(11-9-18)33-13-15-35-16-14-33/h2-12,17H,1,13-16H2,(H,28,34)(H2,27,29,30,31,32). The van der Waals surface area contributed by atoms with E-state index in [1.807, 2.05) is 42.5 Å². The number of carbonyl (C=O) groups is 1. The van der Waals surface area contributed by atoms with Crippen molar-refractivity contribution in [3.05, 3.63) is 79.5 Å². The maximum absolute atomic E-state index is 11.7. The van der Waals surface area contributed by atoms with Crippen molar-refractivity contribution >= 4 is 51.5 Å². The number of hydrogen-bond donors (Lipinski definition) is 3. The van der Waals surface area contributed by atoms with Crippen LogP contribution in [0.4, 0.5) is 34.5 Å². The molecule has 9 nitrogen and oxygen atoms in total. The van der Waals surface area contributed by atoms with Gasteiger partial charge in [-0.25, -0.2) is 4.98 Å². The molecule has 3 N–H and O–H groups in total. The van der Waals surface area contributed by atoms with Gasteiger partial charge in [0, 0.05) is 42.0 Å². The number of pyridine rings is 1. The highest BCUT2D eigenvalue weighted by molar-refractivity contribution is 5.99. The molecule has 0 atom stereocenters. The van der Waals surface area contributed by atoms with Crippen molar-refractivity contribution in [1.82, 2.24) is 15.0 Å². The molecule has 9 heteroatoms. The van der Waals surface area contributed by atoms with E-state index >= 15 is 0 Å². The molecule has 5 rings (SSSR count). The highest BCUT2D eigenvalue weighted by atomic mass is 16.5. The van der Waals surface area contributed by atoms with E-state index in [9.17, 15) is 4.79 Å². The maximum Gasteiger partial charge on any atom is 0.247 e. The Bertz CT molecular complexity index is 1350. The third-order valence-electron chi connectivity index (χ3n) is 5.55. The summed E-state index contributed by atoms with van der Waals surface area (Å²) in [6.07, 6.45) is 2.93. The minimum atomic E-state index is -0.273. The van der Waals surface area contributed by atoms with Crippen molar-refractivity contribution in [2.24, 2.45) is 0 Å². The topological polar surface area (TPSA) is 104 Å². The number of anilines is 6. The third-order valence-corrected chi connectivity index (χ3v) is 5.55. The van der Waals surface area contributed by atoms with Crippen molar-refractivity contribution in [2.75, 3.05) is 47.2 Å². The number of carbonyl (C=O) groups excluding carboxylic acids is 1. The Kier molecular flexibility index (Phi) is 6.49. The Balaban J connectivity index is 1.39. The van der Waals surface area contributed by atoms with Gasteiger partial charge in [0.25, 0.3) is 0 Å². The third kappa shape index (κ3) is 5.36. The summed E-state index contributed by atoms with van der Waals surface area (Å²) < 4.78 is 5.44. The summed E-state index contributed by atoms with van der Waals surface area (Å²) >= 11 is 0. The van der Waals surface area contributed by atoms with Crippen LogP contribution in [0.1, 0.15) is 0 Å². The van der Waals surface area contributed by atoms with Gasteiger partial charge >= 0.3 is 0 Å². The monoisotopic (exact) mass is 467 g/mol. The highest BCUT2D eigenvalue weighted by Crippen LogP contribution is 2.27. The number of nitrogens with zero attached hydrogens (tertiary/aromatic N) is 4. The van der Waals surface area contributed by atoms with E-state index in [1.165, 1.54) is 6.08 Å². The van der Waals surface area contributed by atoms with Gasteiger partial charge in [0.2, 0.25) is 11.9 Å². The van der Waals surface area contributed by atoms with E-state index in [0.29, 0.717) is 23.1 Å². The molecule has 1 aliphatic heterocycles. The molecule has 1 fully saturated rings. The van der Waals surface area contributed by atoms with Crippen LogP contribution in [0.25, 0.3) is 11.0 Å². The number of benzene rings is 2. The normalized spacial score (nSPS) is 13.3. The molecule has 0 spiro atoms. The molecule has 1 saturated heterocycles. The van der Waals surface area contributed by atoms with Gasteiger partial charge in [0.1, 0.15) is 5.82 Å². The van der Waals surface area contributed by atoms with Gasteiger partial charge in [-0.15, -0.1) is 0 Å². The SMILES string of the molecule is C=CC(=O)Nc1cccc(Nc2nc(Nc3ccc(N4CCOCC4)cc3)nc3ncccc23)c1. The Morgan fingerprint density at radius 3 is 2.54 bits per heavy atom. The first-order valence-electron chi connectivity index (χ1n) is 11.3. The Morgan fingerprint density at radius 1 is 0.943 bits per heavy atom. The van der Waals surface area contributed by atoms with Crippen LogP contribution in [0.5, 0.6) is 0 Å². The van der Waals surface area contributed by atoms with Crippen LogP contribution in [0.3, 0.4) is 0 Å². The molecular weight excluding hydrogens is 442 g/mol. The minimum Gasteiger partial charge on any atom is -0.378 e. The highest BCUT2D eigenvalue weighted by Gasteiger charge is 2.12. The van der Waals surface area contributed by atoms with Crippen LogP contribution < -0.4 is 20.9 Å². The molecular formula is C26H25N7O2. The zero-order valence-electron chi connectivity index (χ0n) is 19.1. The summed E-state index contributed by atoms with van der Waals surface area (Å²) in [5.74, 6) is 0.752. The summed E-state index contributed by atoms with van der Waals surface area (Å²) in [6.45, 7) is 6.76. The molecule has 176 valence electrons. The van der Waals surface area contributed by atoms with E-state index in [-0.39, 0.29) is 5.91 Å². The van der Waals surface area contributed by atoms with Crippen molar-refractivity contribution < 1.29 is 9.53 Å². The van der Waals surface area contributed by atoms with Crippen molar-refractivity contribution in [3.8, 4) is 0 Å². The van der Waals surface area contributed by atoms with Crippen molar-refractivity contribution in [2.45, 2.75) is 0 Å². The molecule has 3 heterocycles. The second kappa shape index (κ2) is 10.2. The van der Waals surface area contributed by atoms with Crippen LogP contribution >= 0.6 is 0 Å². The van der Waals surface area contributed by atoms with E-state index in [0.717, 1.165) is 48.8 Å². The van der Waals surface area contributed by atoms with Gasteiger partial charge in [-0.2, -0.15) is 9.97 Å². The quantitative estimate of drug-likeness (QED) is 0.342. The fourth-order valence-electron chi connectivity index (χ4n) is 3.82. The Hall–Kier alpha value is -4.50. The Morgan fingerprint density at radius 2 is 1.74 bits per heavy atom. The lowest BCUT2D eigenvalue weighted by Crippen LogP contribution is -2.36. The van der Waals surface area contributed by atoms with Gasteiger partial charge in [0.15, 0.2) is 5.65 Å². The molecule has 0 unspecified atom stereocenters. The number of hydrogen-bond acceptors (Lipinski definition) is 8. The first-order chi connectivity index (χ1) is 17.2. The molecule has 0 radical (unpaired) electrons. The van der Waals surface area contributed by atoms with Crippen LogP contribution in [0, 0.1) is 0 Å². The van der Waals surface area contributed by atoms with E-state index in [2.05, 4.69) is 49.5 Å². The largest absolute Gasteiger partial charge is 0.378 e. The van der Waals surface area contributed by atoms with Crippen LogP contribution in [-0.2, 0) is 9.53 Å². The van der Waals surface area contributed by atoms with Crippen LogP contribution in [0.15, 0.2) is 79.5 Å². The van der Waals surface area contributed by atoms with Gasteiger partial charge in [-0.1, -0.05) is 12.6 Å². The summed E-state index contributed by atoms with van der Waals surface area (Å²) in [4.78, 5) is 27.7. The number of aromatic nitrogens is 3. The fraction of sp³-hybridized carbons (Fsp3) is 0.154. The first kappa shape index (κ1) is 22.3. The molecule has 35 heavy (non-hydrogen) atoms. The number of nitrogens with one attached hydrogen (secondary N) is 3. The van der Waals surface area contributed by atoms with Crippen molar-refractivity contribution in [1.29, 1.82) is 0 Å². The Labute approximate surface area is 202 Å². The van der Waals surface area contributed by atoms with Crippen LogP contribution in [0.2, 0.25) is 0 Å². The number of ether oxygens (including phenoxy) is 1. The van der Waals surface area contributed by atoms with Gasteiger partial charge in [0.05, 0.1) is 18.6 Å². The zero-order chi connectivity index (χ0) is 24.0. The summed E-state index contributed by atoms with van der Waals surface area (Å²) in [5.41, 5.74) is 4.00. The molecule has 0 saturated carbocycles. The van der Waals surface area contributed by atoms with E-state index in [4.69, 9.17) is 9.72 Å². The number of amides is 1. The van der Waals surface area contributed by atoms with E-state index < -0.39 is 0 Å². The van der Waals surface area contributed by atoms with Crippen molar-refractivity contribution in [3.63, 3.8) is 0 Å². The smallest absolute Gasteiger partial charge is 0.247 e. The summed E-state index contributed by atoms with van der Waals surface area (Å²) in [6, 6.07) is 19.3. The number of fused-ring (bicyclic) bond motifs is 1. The lowest BCUT2D eigenvalue weighted by atomic mass is 10.2. The molecule has 0 aliphatic carbocycles. The van der Waals surface area contributed by atoms with E-state index in [1.54, 1.807) is 12.3 Å². The predicted molar refractivity (Wildman–Crippen MR) is 139 cm³/mol. The van der Waals surface area contributed by atoms with Gasteiger partial charge < -0.3 is 25.6 Å². The summed E-state index contributed by atoms with van der Waals surface area (Å²) in [7, 11) is 0. The molecule has 1 amide bonds. The summed E-state index contributed by atoms with van der Waals surface area (Å²) in [5, 5.41) is 10.2. The maximum atomic E-state index is 11.7. The molecule has 4 aromatic rings. The first-order valence-corrected chi connectivity index (χ1v) is 11.3.